The number of anilines is 1. The molecule has 1 amide bonds. The number of likely N-dealkylation sites (tertiary alicyclic amines) is 1. The van der Waals surface area contributed by atoms with Gasteiger partial charge in [-0.25, -0.2) is 0 Å². The third kappa shape index (κ3) is 4.15. The maximum atomic E-state index is 12.6. The Morgan fingerprint density at radius 2 is 2.08 bits per heavy atom. The lowest BCUT2D eigenvalue weighted by molar-refractivity contribution is 0.0474. The smallest absolute Gasteiger partial charge is 0.254 e. The van der Waals surface area contributed by atoms with E-state index in [2.05, 4.69) is 30.4 Å². The lowest BCUT2D eigenvalue weighted by Gasteiger charge is -2.30. The molecule has 2 aromatic carbocycles. The fourth-order valence-corrected chi connectivity index (χ4v) is 3.11. The number of aliphatic hydroxyl groups is 1. The summed E-state index contributed by atoms with van der Waals surface area (Å²) in [6.45, 7) is 3.95. The lowest BCUT2D eigenvalue weighted by Crippen LogP contribution is -2.42. The van der Waals surface area contributed by atoms with Gasteiger partial charge in [0.2, 0.25) is 0 Å². The number of aliphatic hydroxyl groups excluding tert-OH is 1. The SMILES string of the molecule is Cc1cccc(CNc2cccc(C(=O)N3CCC[C@@H](O)C3)c2)c1. The molecule has 1 atom stereocenters. The Bertz CT molecular complexity index is 714. The van der Waals surface area contributed by atoms with Crippen molar-refractivity contribution < 1.29 is 9.90 Å². The quantitative estimate of drug-likeness (QED) is 0.908. The first kappa shape index (κ1) is 16.5. The predicted molar refractivity (Wildman–Crippen MR) is 96.1 cm³/mol. The molecule has 1 heterocycles. The van der Waals surface area contributed by atoms with E-state index in [0.717, 1.165) is 31.6 Å². The first-order chi connectivity index (χ1) is 11.6. The number of rotatable bonds is 4. The number of hydrogen-bond acceptors (Lipinski definition) is 3. The second-order valence-electron chi connectivity index (χ2n) is 6.47. The Kier molecular flexibility index (Phi) is 5.16. The first-order valence-electron chi connectivity index (χ1n) is 8.48. The summed E-state index contributed by atoms with van der Waals surface area (Å²) in [5, 5.41) is 13.1. The van der Waals surface area contributed by atoms with Crippen molar-refractivity contribution in [3.8, 4) is 0 Å². The molecule has 126 valence electrons. The van der Waals surface area contributed by atoms with Gasteiger partial charge in [-0.05, 0) is 43.5 Å². The molecule has 1 aliphatic heterocycles. The van der Waals surface area contributed by atoms with E-state index in [1.165, 1.54) is 11.1 Å². The van der Waals surface area contributed by atoms with E-state index in [-0.39, 0.29) is 5.91 Å². The molecule has 0 radical (unpaired) electrons. The van der Waals surface area contributed by atoms with Gasteiger partial charge in [-0.3, -0.25) is 4.79 Å². The van der Waals surface area contributed by atoms with Crippen LogP contribution in [0.1, 0.15) is 34.3 Å². The number of aryl methyl sites for hydroxylation is 1. The van der Waals surface area contributed by atoms with Crippen LogP contribution in [0.4, 0.5) is 5.69 Å². The van der Waals surface area contributed by atoms with Gasteiger partial charge in [-0.15, -0.1) is 0 Å². The molecule has 3 rings (SSSR count). The van der Waals surface area contributed by atoms with E-state index in [1.54, 1.807) is 4.90 Å². The zero-order chi connectivity index (χ0) is 16.9. The summed E-state index contributed by atoms with van der Waals surface area (Å²) >= 11 is 0. The highest BCUT2D eigenvalue weighted by Crippen LogP contribution is 2.17. The van der Waals surface area contributed by atoms with Crippen molar-refractivity contribution in [2.45, 2.75) is 32.4 Å². The van der Waals surface area contributed by atoms with E-state index >= 15 is 0 Å². The molecular weight excluding hydrogens is 300 g/mol. The summed E-state index contributed by atoms with van der Waals surface area (Å²) in [7, 11) is 0. The molecule has 4 nitrogen and oxygen atoms in total. The number of carbonyl (C=O) groups excluding carboxylic acids is 1. The molecule has 0 saturated carbocycles. The molecule has 0 unspecified atom stereocenters. The van der Waals surface area contributed by atoms with Gasteiger partial charge in [-0.2, -0.15) is 0 Å². The second-order valence-corrected chi connectivity index (χ2v) is 6.47. The van der Waals surface area contributed by atoms with Crippen LogP contribution in [-0.4, -0.2) is 35.1 Å². The molecule has 1 aliphatic rings. The number of hydrogen-bond donors (Lipinski definition) is 2. The van der Waals surface area contributed by atoms with Gasteiger partial charge < -0.3 is 15.3 Å². The van der Waals surface area contributed by atoms with Crippen molar-refractivity contribution in [1.82, 2.24) is 4.90 Å². The number of nitrogens with one attached hydrogen (secondary N) is 1. The van der Waals surface area contributed by atoms with E-state index in [1.807, 2.05) is 30.3 Å². The first-order valence-corrected chi connectivity index (χ1v) is 8.48. The lowest BCUT2D eigenvalue weighted by atomic mass is 10.1. The molecule has 1 saturated heterocycles. The monoisotopic (exact) mass is 324 g/mol. The number of benzene rings is 2. The Balaban J connectivity index is 1.66. The highest BCUT2D eigenvalue weighted by atomic mass is 16.3. The number of β-amino-alcohol motifs (C(OH)–C–C–N with tert-alkyl or cyclic N) is 1. The predicted octanol–water partition coefficient (Wildman–Crippen LogP) is 3.20. The molecule has 0 spiro atoms. The van der Waals surface area contributed by atoms with Crippen LogP contribution in [0.2, 0.25) is 0 Å². The number of amides is 1. The fraction of sp³-hybridized carbons (Fsp3) is 0.350. The van der Waals surface area contributed by atoms with Crippen molar-refractivity contribution >= 4 is 11.6 Å². The van der Waals surface area contributed by atoms with Crippen LogP contribution in [0.25, 0.3) is 0 Å². The summed E-state index contributed by atoms with van der Waals surface area (Å²) in [5.41, 5.74) is 4.05. The van der Waals surface area contributed by atoms with Crippen molar-refractivity contribution in [2.75, 3.05) is 18.4 Å². The molecule has 1 fully saturated rings. The van der Waals surface area contributed by atoms with E-state index in [0.29, 0.717) is 12.1 Å². The summed E-state index contributed by atoms with van der Waals surface area (Å²) < 4.78 is 0. The zero-order valence-corrected chi connectivity index (χ0v) is 14.0. The van der Waals surface area contributed by atoms with Gasteiger partial charge in [0.05, 0.1) is 6.10 Å². The Morgan fingerprint density at radius 3 is 2.88 bits per heavy atom. The van der Waals surface area contributed by atoms with Crippen LogP contribution in [0, 0.1) is 6.92 Å². The van der Waals surface area contributed by atoms with Crippen LogP contribution in [0.15, 0.2) is 48.5 Å². The number of carbonyl (C=O) groups is 1. The van der Waals surface area contributed by atoms with Gasteiger partial charge >= 0.3 is 0 Å². The summed E-state index contributed by atoms with van der Waals surface area (Å²) in [5.74, 6) is -0.00652. The molecule has 0 aliphatic carbocycles. The average molecular weight is 324 g/mol. The third-order valence-electron chi connectivity index (χ3n) is 4.37. The summed E-state index contributed by atoms with van der Waals surface area (Å²) in [6, 6.07) is 16.0. The number of nitrogens with zero attached hydrogens (tertiary/aromatic N) is 1. The minimum atomic E-state index is -0.398. The van der Waals surface area contributed by atoms with Crippen LogP contribution in [0.5, 0.6) is 0 Å². The third-order valence-corrected chi connectivity index (χ3v) is 4.37. The standard InChI is InChI=1S/C20H24N2O2/c1-15-5-2-6-16(11-15)13-21-18-8-3-7-17(12-18)20(24)22-10-4-9-19(23)14-22/h2-3,5-8,11-12,19,21,23H,4,9-10,13-14H2,1H3/t19-/m1/s1. The second kappa shape index (κ2) is 7.49. The average Bonchev–Trinajstić information content (AvgIpc) is 2.60. The molecular formula is C20H24N2O2. The van der Waals surface area contributed by atoms with Gasteiger partial charge in [0.1, 0.15) is 0 Å². The molecule has 2 aromatic rings. The minimum Gasteiger partial charge on any atom is -0.391 e. The van der Waals surface area contributed by atoms with Crippen molar-refractivity contribution in [3.63, 3.8) is 0 Å². The topological polar surface area (TPSA) is 52.6 Å². The molecule has 0 bridgehead atoms. The molecule has 2 N–H and O–H groups in total. The Labute approximate surface area is 143 Å². The molecule has 24 heavy (non-hydrogen) atoms. The van der Waals surface area contributed by atoms with E-state index in [4.69, 9.17) is 0 Å². The van der Waals surface area contributed by atoms with Gasteiger partial charge in [0.25, 0.3) is 5.91 Å². The maximum Gasteiger partial charge on any atom is 0.254 e. The fourth-order valence-electron chi connectivity index (χ4n) is 3.11. The van der Waals surface area contributed by atoms with E-state index in [9.17, 15) is 9.90 Å². The van der Waals surface area contributed by atoms with Crippen molar-refractivity contribution in [1.29, 1.82) is 0 Å². The minimum absolute atomic E-state index is 0.00652. The van der Waals surface area contributed by atoms with E-state index < -0.39 is 6.10 Å². The van der Waals surface area contributed by atoms with Crippen molar-refractivity contribution in [3.05, 3.63) is 65.2 Å². The Morgan fingerprint density at radius 1 is 1.25 bits per heavy atom. The van der Waals surface area contributed by atoms with Crippen LogP contribution >= 0.6 is 0 Å². The number of piperidine rings is 1. The van der Waals surface area contributed by atoms with Gasteiger partial charge in [0, 0.05) is 30.9 Å². The largest absolute Gasteiger partial charge is 0.391 e. The summed E-state index contributed by atoms with van der Waals surface area (Å²) in [4.78, 5) is 14.3. The van der Waals surface area contributed by atoms with Crippen LogP contribution < -0.4 is 5.32 Å². The zero-order valence-electron chi connectivity index (χ0n) is 14.0. The van der Waals surface area contributed by atoms with Gasteiger partial charge in [-0.1, -0.05) is 35.9 Å². The Hall–Kier alpha value is -2.33. The normalized spacial score (nSPS) is 17.6. The highest BCUT2D eigenvalue weighted by molar-refractivity contribution is 5.95. The highest BCUT2D eigenvalue weighted by Gasteiger charge is 2.23. The summed E-state index contributed by atoms with van der Waals surface area (Å²) in [6.07, 6.45) is 1.24. The van der Waals surface area contributed by atoms with Crippen LogP contribution in [-0.2, 0) is 6.54 Å². The van der Waals surface area contributed by atoms with Gasteiger partial charge in [0.15, 0.2) is 0 Å². The molecule has 0 aromatic heterocycles. The van der Waals surface area contributed by atoms with Crippen LogP contribution in [0.3, 0.4) is 0 Å². The maximum absolute atomic E-state index is 12.6. The van der Waals surface area contributed by atoms with Crippen molar-refractivity contribution in [2.24, 2.45) is 0 Å². The molecule has 4 heteroatoms.